The van der Waals surface area contributed by atoms with Crippen molar-refractivity contribution in [3.63, 3.8) is 0 Å². The first kappa shape index (κ1) is 26.8. The maximum atomic E-state index is 13.4. The minimum absolute atomic E-state index is 0.0240. The zero-order valence-electron chi connectivity index (χ0n) is 21.6. The van der Waals surface area contributed by atoms with Gasteiger partial charge in [-0.25, -0.2) is 4.79 Å². The van der Waals surface area contributed by atoms with Gasteiger partial charge in [-0.15, -0.1) is 0 Å². The third-order valence-electron chi connectivity index (χ3n) is 6.98. The molecule has 3 rings (SSSR count). The molecule has 9 nitrogen and oxygen atoms in total. The lowest BCUT2D eigenvalue weighted by molar-refractivity contribution is -0.142. The smallest absolute Gasteiger partial charge is 0.319 e. The summed E-state index contributed by atoms with van der Waals surface area (Å²) in [6, 6.07) is 4.56. The highest BCUT2D eigenvalue weighted by Crippen LogP contribution is 2.31. The molecular weight excluding hydrogens is 448 g/mol. The zero-order valence-corrected chi connectivity index (χ0v) is 21.6. The third-order valence-corrected chi connectivity index (χ3v) is 6.98. The molecule has 1 heterocycles. The van der Waals surface area contributed by atoms with Crippen LogP contribution in [-0.2, 0) is 9.53 Å². The van der Waals surface area contributed by atoms with Gasteiger partial charge >= 0.3 is 6.03 Å². The van der Waals surface area contributed by atoms with Gasteiger partial charge in [0.15, 0.2) is 0 Å². The molecule has 2 N–H and O–H groups in total. The van der Waals surface area contributed by atoms with E-state index in [-0.39, 0.29) is 48.4 Å². The Morgan fingerprint density at radius 2 is 1.94 bits per heavy atom. The van der Waals surface area contributed by atoms with E-state index in [0.29, 0.717) is 36.6 Å². The van der Waals surface area contributed by atoms with Crippen molar-refractivity contribution in [2.45, 2.75) is 58.6 Å². The lowest BCUT2D eigenvalue weighted by Gasteiger charge is -2.39. The van der Waals surface area contributed by atoms with Crippen LogP contribution in [0.2, 0.25) is 0 Å². The van der Waals surface area contributed by atoms with Crippen molar-refractivity contribution >= 4 is 23.5 Å². The average Bonchev–Trinajstić information content (AvgIpc) is 2.80. The quantitative estimate of drug-likeness (QED) is 0.662. The standard InChI is InChI=1S/C26H40N4O5/c1-6-12-27-26(33)28-20-10-11-22-21(13-20)25(32)29(4)15-23(34-5)17(2)14-30(18(3)16-35-22)24(31)19-8-7-9-19/h10-11,13,17-19,23H,6-9,12,14-16H2,1-5H3,(H2,27,28,33)/t17-,18+,23-/m0/s1. The maximum Gasteiger partial charge on any atom is 0.319 e. The number of anilines is 1. The highest BCUT2D eigenvalue weighted by molar-refractivity contribution is 5.99. The van der Waals surface area contributed by atoms with Gasteiger partial charge in [-0.3, -0.25) is 9.59 Å². The molecule has 4 amide bonds. The minimum atomic E-state index is -0.325. The molecular formula is C26H40N4O5. The predicted octanol–water partition coefficient (Wildman–Crippen LogP) is 3.35. The molecule has 0 aromatic heterocycles. The number of carbonyl (C=O) groups excluding carboxylic acids is 3. The average molecular weight is 489 g/mol. The Bertz CT molecular complexity index is 904. The summed E-state index contributed by atoms with van der Waals surface area (Å²) in [7, 11) is 3.37. The van der Waals surface area contributed by atoms with Crippen molar-refractivity contribution in [1.82, 2.24) is 15.1 Å². The van der Waals surface area contributed by atoms with Gasteiger partial charge < -0.3 is 29.9 Å². The molecule has 3 atom stereocenters. The lowest BCUT2D eigenvalue weighted by atomic mass is 9.83. The summed E-state index contributed by atoms with van der Waals surface area (Å²) in [6.45, 7) is 7.75. The van der Waals surface area contributed by atoms with Crippen molar-refractivity contribution in [3.8, 4) is 5.75 Å². The molecule has 0 spiro atoms. The van der Waals surface area contributed by atoms with Crippen LogP contribution in [0.4, 0.5) is 10.5 Å². The summed E-state index contributed by atoms with van der Waals surface area (Å²) >= 11 is 0. The number of urea groups is 1. The van der Waals surface area contributed by atoms with Crippen molar-refractivity contribution in [2.75, 3.05) is 45.7 Å². The van der Waals surface area contributed by atoms with E-state index in [0.717, 1.165) is 25.7 Å². The van der Waals surface area contributed by atoms with Crippen molar-refractivity contribution in [1.29, 1.82) is 0 Å². The first-order chi connectivity index (χ1) is 16.7. The van der Waals surface area contributed by atoms with Crippen LogP contribution in [0.5, 0.6) is 5.75 Å². The number of fused-ring (bicyclic) bond motifs is 1. The SMILES string of the molecule is CCCNC(=O)Nc1ccc2c(c1)C(=O)N(C)C[C@H](OC)[C@@H](C)CN(C(=O)C1CCC1)[C@H](C)CO2. The van der Waals surface area contributed by atoms with Crippen LogP contribution in [0.1, 0.15) is 56.8 Å². The number of rotatable bonds is 5. The topological polar surface area (TPSA) is 100 Å². The largest absolute Gasteiger partial charge is 0.491 e. The highest BCUT2D eigenvalue weighted by Gasteiger charge is 2.35. The fourth-order valence-corrected chi connectivity index (χ4v) is 4.46. The summed E-state index contributed by atoms with van der Waals surface area (Å²) in [5, 5.41) is 5.54. The Labute approximate surface area is 208 Å². The second-order valence-corrected chi connectivity index (χ2v) is 9.81. The number of hydrogen-bond acceptors (Lipinski definition) is 5. The van der Waals surface area contributed by atoms with E-state index >= 15 is 0 Å². The molecule has 2 aliphatic rings. The van der Waals surface area contributed by atoms with Gasteiger partial charge in [-0.05, 0) is 44.4 Å². The molecule has 1 fully saturated rings. The molecule has 1 aliphatic carbocycles. The molecule has 9 heteroatoms. The van der Waals surface area contributed by atoms with Gasteiger partial charge in [0.1, 0.15) is 12.4 Å². The molecule has 35 heavy (non-hydrogen) atoms. The van der Waals surface area contributed by atoms with E-state index < -0.39 is 0 Å². The lowest BCUT2D eigenvalue weighted by Crippen LogP contribution is -2.51. The summed E-state index contributed by atoms with van der Waals surface area (Å²) in [4.78, 5) is 42.3. The first-order valence-corrected chi connectivity index (χ1v) is 12.7. The van der Waals surface area contributed by atoms with Crippen LogP contribution in [0, 0.1) is 11.8 Å². The zero-order chi connectivity index (χ0) is 25.5. The number of carbonyl (C=O) groups is 3. The van der Waals surface area contributed by atoms with Crippen LogP contribution in [-0.4, -0.2) is 80.2 Å². The summed E-state index contributed by atoms with van der Waals surface area (Å²) in [5.74, 6) is 0.487. The fraction of sp³-hybridized carbons (Fsp3) is 0.654. The van der Waals surface area contributed by atoms with E-state index in [1.54, 1.807) is 37.3 Å². The van der Waals surface area contributed by atoms with Gasteiger partial charge in [0.2, 0.25) is 5.91 Å². The molecule has 1 aromatic carbocycles. The summed E-state index contributed by atoms with van der Waals surface area (Å²) < 4.78 is 11.9. The van der Waals surface area contributed by atoms with Gasteiger partial charge in [0.25, 0.3) is 5.91 Å². The van der Waals surface area contributed by atoms with Gasteiger partial charge in [0, 0.05) is 51.3 Å². The van der Waals surface area contributed by atoms with Crippen LogP contribution in [0.3, 0.4) is 0 Å². The molecule has 1 saturated carbocycles. The molecule has 0 unspecified atom stereocenters. The van der Waals surface area contributed by atoms with E-state index in [1.807, 2.05) is 18.7 Å². The van der Waals surface area contributed by atoms with E-state index in [4.69, 9.17) is 9.47 Å². The normalized spacial score (nSPS) is 23.8. The maximum absolute atomic E-state index is 13.4. The first-order valence-electron chi connectivity index (χ1n) is 12.7. The van der Waals surface area contributed by atoms with Gasteiger partial charge in [-0.1, -0.05) is 20.3 Å². The molecule has 0 radical (unpaired) electrons. The number of benzene rings is 1. The number of methoxy groups -OCH3 is 1. The van der Waals surface area contributed by atoms with Crippen molar-refractivity contribution < 1.29 is 23.9 Å². The van der Waals surface area contributed by atoms with Crippen molar-refractivity contribution in [2.24, 2.45) is 11.8 Å². The number of likely N-dealkylation sites (N-methyl/N-ethyl adjacent to an activating group) is 1. The second-order valence-electron chi connectivity index (χ2n) is 9.81. The molecule has 194 valence electrons. The second kappa shape index (κ2) is 12.2. The highest BCUT2D eigenvalue weighted by atomic mass is 16.5. The Balaban J connectivity index is 1.90. The molecule has 1 aliphatic heterocycles. The molecule has 1 aromatic rings. The van der Waals surface area contributed by atoms with Crippen LogP contribution in [0.25, 0.3) is 0 Å². The number of ether oxygens (including phenoxy) is 2. The predicted molar refractivity (Wildman–Crippen MR) is 135 cm³/mol. The van der Waals surface area contributed by atoms with Crippen LogP contribution < -0.4 is 15.4 Å². The number of nitrogens with one attached hydrogen (secondary N) is 2. The van der Waals surface area contributed by atoms with E-state index in [9.17, 15) is 14.4 Å². The number of amides is 4. The van der Waals surface area contributed by atoms with Gasteiger partial charge in [-0.2, -0.15) is 0 Å². The van der Waals surface area contributed by atoms with E-state index in [2.05, 4.69) is 17.6 Å². The van der Waals surface area contributed by atoms with Gasteiger partial charge in [0.05, 0.1) is 17.7 Å². The Morgan fingerprint density at radius 1 is 1.20 bits per heavy atom. The Morgan fingerprint density at radius 3 is 2.57 bits per heavy atom. The van der Waals surface area contributed by atoms with Crippen LogP contribution in [0.15, 0.2) is 18.2 Å². The van der Waals surface area contributed by atoms with Crippen LogP contribution >= 0.6 is 0 Å². The minimum Gasteiger partial charge on any atom is -0.491 e. The number of nitrogens with zero attached hydrogens (tertiary/aromatic N) is 2. The van der Waals surface area contributed by atoms with E-state index in [1.165, 1.54) is 0 Å². The Hall–Kier alpha value is -2.81. The number of hydrogen-bond donors (Lipinski definition) is 2. The Kier molecular flexibility index (Phi) is 9.37. The third kappa shape index (κ3) is 6.66. The monoisotopic (exact) mass is 488 g/mol. The summed E-state index contributed by atoms with van der Waals surface area (Å²) in [6.07, 6.45) is 3.56. The molecule has 0 saturated heterocycles. The summed E-state index contributed by atoms with van der Waals surface area (Å²) in [5.41, 5.74) is 0.856. The fourth-order valence-electron chi connectivity index (χ4n) is 4.46. The molecule has 0 bridgehead atoms. The van der Waals surface area contributed by atoms with Crippen molar-refractivity contribution in [3.05, 3.63) is 23.8 Å².